The Morgan fingerprint density at radius 1 is 0.480 bits per heavy atom. The van der Waals surface area contributed by atoms with E-state index in [-0.39, 0.29) is 17.8 Å². The van der Waals surface area contributed by atoms with Crippen LogP contribution < -0.4 is 0 Å². The molecule has 75 heavy (non-hydrogen) atoms. The van der Waals surface area contributed by atoms with Gasteiger partial charge in [0.1, 0.15) is 6.29 Å². The number of hydrogen-bond donors (Lipinski definition) is 1. The largest absolute Gasteiger partial charge is 0.391 e. The minimum Gasteiger partial charge on any atom is -0.391 e. The van der Waals surface area contributed by atoms with E-state index in [4.69, 9.17) is 4.74 Å². The van der Waals surface area contributed by atoms with Gasteiger partial charge in [0.25, 0.3) is 0 Å². The highest BCUT2D eigenvalue weighted by Crippen LogP contribution is 2.47. The normalized spacial score (nSPS) is 17.9. The minimum absolute atomic E-state index is 0.0735. The fourth-order valence-corrected chi connectivity index (χ4v) is 12.8. The highest BCUT2D eigenvalue weighted by Gasteiger charge is 2.49. The van der Waals surface area contributed by atoms with Crippen LogP contribution >= 0.6 is 0 Å². The third kappa shape index (κ3) is 13.2. The number of aliphatic hydroxyl groups excluding tert-OH is 1. The molecule has 3 heterocycles. The molecule has 0 radical (unpaired) electrons. The molecule has 0 saturated carbocycles. The number of carbonyl (C=O) groups is 1. The van der Waals surface area contributed by atoms with Gasteiger partial charge in [0.15, 0.2) is 0 Å². The lowest BCUT2D eigenvalue weighted by Gasteiger charge is -2.47. The number of carbonyl (C=O) groups excluding carboxylic acids is 1. The summed E-state index contributed by atoms with van der Waals surface area (Å²) in [7, 11) is -2.09. The molecule has 386 valence electrons. The summed E-state index contributed by atoms with van der Waals surface area (Å²) >= 11 is 0. The lowest BCUT2D eigenvalue weighted by molar-refractivity contribution is -0.112. The Morgan fingerprint density at radius 3 is 1.12 bits per heavy atom. The van der Waals surface area contributed by atoms with Crippen LogP contribution in [0.1, 0.15) is 71.9 Å². The van der Waals surface area contributed by atoms with Crippen molar-refractivity contribution in [1.82, 2.24) is 9.80 Å². The summed E-state index contributed by atoms with van der Waals surface area (Å²) in [6.07, 6.45) is 8.44. The smallest absolute Gasteiger partial charge is 0.137 e. The van der Waals surface area contributed by atoms with Gasteiger partial charge >= 0.3 is 0 Å². The van der Waals surface area contributed by atoms with Gasteiger partial charge in [-0.1, -0.05) is 218 Å². The Balaban J connectivity index is 0.000000162. The Hall–Kier alpha value is -6.43. The van der Waals surface area contributed by atoms with Gasteiger partial charge in [-0.2, -0.15) is 0 Å². The standard InChI is InChI=1S/C31H31NO2S.C24H23NO.C7H8OS.C4H8O/c33-30(24-35(34)28-20-11-4-12-21-28)29-22-13-23-32(29)31(25-14-5-1-6-15-25,26-16-7-2-8-17-26)27-18-9-3-10-19-27;26-19-23-17-10-18-25(23)24(20-11-4-1-5-12-20,21-13-6-2-7-14-21)22-15-8-3-9-16-22;1-9(8)7-5-3-2-4-6-7;1-2-4-5-3-1/h1-12,14-21,29-30,33H,13,22-24H2;1-9,11-16,19,23H,10,17-18H2;2-6H,1H3;1-4H2/t29?,30-,35?;23-;;/m01../s1. The number of rotatable bonds is 14. The van der Waals surface area contributed by atoms with Crippen molar-refractivity contribution < 1.29 is 23.1 Å². The van der Waals surface area contributed by atoms with Gasteiger partial charge in [-0.25, -0.2) is 0 Å². The van der Waals surface area contributed by atoms with E-state index < -0.39 is 38.8 Å². The number of aldehydes is 1. The van der Waals surface area contributed by atoms with Crippen molar-refractivity contribution in [2.75, 3.05) is 38.3 Å². The fourth-order valence-electron chi connectivity index (χ4n) is 11.1. The highest BCUT2D eigenvalue weighted by atomic mass is 32.2. The zero-order valence-corrected chi connectivity index (χ0v) is 44.6. The maximum Gasteiger partial charge on any atom is 0.137 e. The molecule has 1 N–H and O–H groups in total. The van der Waals surface area contributed by atoms with Crippen molar-refractivity contribution in [1.29, 1.82) is 0 Å². The molecule has 0 aliphatic carbocycles. The van der Waals surface area contributed by atoms with Crippen LogP contribution in [0.2, 0.25) is 0 Å². The van der Waals surface area contributed by atoms with Crippen molar-refractivity contribution in [2.24, 2.45) is 0 Å². The van der Waals surface area contributed by atoms with E-state index in [0.717, 1.165) is 68.1 Å². The van der Waals surface area contributed by atoms with Crippen molar-refractivity contribution >= 4 is 27.9 Å². The fraction of sp³-hybridized carbons (Fsp3) is 0.258. The van der Waals surface area contributed by atoms with E-state index in [1.165, 1.54) is 46.2 Å². The van der Waals surface area contributed by atoms with Crippen molar-refractivity contribution in [2.45, 2.75) is 77.6 Å². The number of benzene rings is 8. The lowest BCUT2D eigenvalue weighted by atomic mass is 9.75. The van der Waals surface area contributed by atoms with E-state index in [1.54, 1.807) is 6.26 Å². The molecule has 7 nitrogen and oxygen atoms in total. The quantitative estimate of drug-likeness (QED) is 0.0857. The first-order valence-electron chi connectivity index (χ1n) is 26.3. The molecule has 0 aromatic heterocycles. The number of likely N-dealkylation sites (tertiary alicyclic amines) is 2. The molecule has 3 saturated heterocycles. The molecule has 9 heteroatoms. The average molecular weight is 1040 g/mol. The molecular formula is C66H70N2O5S2. The van der Waals surface area contributed by atoms with Crippen LogP contribution in [0.25, 0.3) is 0 Å². The maximum atomic E-state index is 13.1. The molecule has 0 amide bonds. The predicted octanol–water partition coefficient (Wildman–Crippen LogP) is 12.5. The first kappa shape index (κ1) is 54.8. The molecule has 3 unspecified atom stereocenters. The summed E-state index contributed by atoms with van der Waals surface area (Å²) < 4.78 is 28.8. The third-order valence-electron chi connectivity index (χ3n) is 14.4. The second kappa shape index (κ2) is 27.9. The molecule has 5 atom stereocenters. The van der Waals surface area contributed by atoms with Gasteiger partial charge in [-0.15, -0.1) is 0 Å². The van der Waals surface area contributed by atoms with Crippen LogP contribution in [0.5, 0.6) is 0 Å². The van der Waals surface area contributed by atoms with E-state index in [9.17, 15) is 18.3 Å². The third-order valence-corrected chi connectivity index (χ3v) is 16.8. The van der Waals surface area contributed by atoms with Gasteiger partial charge in [-0.3, -0.25) is 18.2 Å². The topological polar surface area (TPSA) is 87.2 Å². The summed E-state index contributed by atoms with van der Waals surface area (Å²) in [4.78, 5) is 18.4. The molecule has 0 spiro atoms. The van der Waals surface area contributed by atoms with Crippen molar-refractivity contribution in [3.8, 4) is 0 Å². The summed E-state index contributed by atoms with van der Waals surface area (Å²) in [6.45, 7) is 3.75. The van der Waals surface area contributed by atoms with E-state index in [2.05, 4.69) is 155 Å². The number of hydrogen-bond acceptors (Lipinski definition) is 7. The molecule has 8 aromatic carbocycles. The summed E-state index contributed by atoms with van der Waals surface area (Å²) in [6, 6.07) is 82.2. The van der Waals surface area contributed by atoms with E-state index in [0.29, 0.717) is 0 Å². The lowest BCUT2D eigenvalue weighted by Crippen LogP contribution is -2.54. The molecule has 3 aliphatic rings. The molecule has 11 rings (SSSR count). The van der Waals surface area contributed by atoms with Gasteiger partial charge in [0.2, 0.25) is 0 Å². The molecule has 8 aromatic rings. The number of ether oxygens (including phenoxy) is 1. The van der Waals surface area contributed by atoms with Gasteiger partial charge in [0, 0.05) is 59.2 Å². The average Bonchev–Trinajstić information content (AvgIpc) is 4.33. The van der Waals surface area contributed by atoms with Gasteiger partial charge in [0.05, 0.1) is 39.8 Å². The van der Waals surface area contributed by atoms with E-state index >= 15 is 0 Å². The Labute approximate surface area is 450 Å². The number of aliphatic hydroxyl groups is 1. The van der Waals surface area contributed by atoms with Crippen LogP contribution in [0.3, 0.4) is 0 Å². The minimum atomic E-state index is -1.26. The Bertz CT molecular complexity index is 2740. The summed E-state index contributed by atoms with van der Waals surface area (Å²) in [5.41, 5.74) is 6.07. The highest BCUT2D eigenvalue weighted by molar-refractivity contribution is 7.85. The molecule has 3 fully saturated rings. The SMILES string of the molecule is C1CCOC1.CS(=O)c1ccccc1.O=C[C@H]1CCCN1C(c1ccccc1)(c1ccccc1)c1ccccc1.O=S(C[C@H](O)C1CCCN1C(c1ccccc1)(c1ccccc1)c1ccccc1)c1ccccc1. The zero-order valence-electron chi connectivity index (χ0n) is 43.0. The monoisotopic (exact) mass is 1030 g/mol. The first-order valence-corrected chi connectivity index (χ1v) is 29.2. The van der Waals surface area contributed by atoms with Gasteiger partial charge in [-0.05, 0) is 96.2 Å². The number of nitrogens with zero attached hydrogens (tertiary/aromatic N) is 2. The second-order valence-electron chi connectivity index (χ2n) is 19.0. The second-order valence-corrected chi connectivity index (χ2v) is 21.9. The zero-order chi connectivity index (χ0) is 52.1. The van der Waals surface area contributed by atoms with Crippen LogP contribution in [-0.2, 0) is 42.2 Å². The summed E-state index contributed by atoms with van der Waals surface area (Å²) in [5.74, 6) is 0.222. The Morgan fingerprint density at radius 2 is 0.800 bits per heavy atom. The maximum absolute atomic E-state index is 13.1. The van der Waals surface area contributed by atoms with E-state index in [1.807, 2.05) is 97.1 Å². The molecule has 0 bridgehead atoms. The van der Waals surface area contributed by atoms with Crippen LogP contribution in [0, 0.1) is 0 Å². The first-order chi connectivity index (χ1) is 36.9. The van der Waals surface area contributed by atoms with Crippen LogP contribution in [0.4, 0.5) is 0 Å². The Kier molecular flexibility index (Phi) is 20.4. The van der Waals surface area contributed by atoms with Gasteiger partial charge < -0.3 is 14.6 Å². The van der Waals surface area contributed by atoms with Crippen LogP contribution in [-0.4, -0.2) is 86.1 Å². The molecular weight excluding hydrogens is 965 g/mol. The van der Waals surface area contributed by atoms with Crippen molar-refractivity contribution in [3.63, 3.8) is 0 Å². The van der Waals surface area contributed by atoms with Crippen molar-refractivity contribution in [3.05, 3.63) is 276 Å². The van der Waals surface area contributed by atoms with Crippen LogP contribution in [0.15, 0.2) is 252 Å². The summed E-state index contributed by atoms with van der Waals surface area (Å²) in [5, 5.41) is 11.5. The predicted molar refractivity (Wildman–Crippen MR) is 306 cm³/mol. The molecule has 3 aliphatic heterocycles.